The topological polar surface area (TPSA) is 66.4 Å². The molecule has 0 radical (unpaired) electrons. The Balaban J connectivity index is 2.26. The molecule has 0 spiro atoms. The summed E-state index contributed by atoms with van der Waals surface area (Å²) < 4.78 is 0. The Morgan fingerprint density at radius 3 is 2.56 bits per heavy atom. The van der Waals surface area contributed by atoms with E-state index in [2.05, 4.69) is 5.32 Å². The molecular weight excluding hydrogens is 230 g/mol. The molecule has 0 heterocycles. The normalized spacial score (nSPS) is 26.8. The summed E-state index contributed by atoms with van der Waals surface area (Å²) in [5.74, 6) is -0.907. The van der Waals surface area contributed by atoms with Crippen LogP contribution in [0.15, 0.2) is 30.3 Å². The largest absolute Gasteiger partial charge is 0.481 e. The third-order valence-electron chi connectivity index (χ3n) is 3.66. The molecule has 1 aromatic rings. The molecule has 1 amide bonds. The average molecular weight is 247 g/mol. The van der Waals surface area contributed by atoms with Gasteiger partial charge in [-0.1, -0.05) is 30.3 Å². The number of carbonyl (C=O) groups excluding carboxylic acids is 1. The lowest BCUT2D eigenvalue weighted by molar-refractivity contribution is -0.143. The van der Waals surface area contributed by atoms with E-state index in [1.165, 1.54) is 6.92 Å². The van der Waals surface area contributed by atoms with E-state index in [1.54, 1.807) is 0 Å². The van der Waals surface area contributed by atoms with E-state index in [9.17, 15) is 14.7 Å². The number of hydrogen-bond donors (Lipinski definition) is 2. The Morgan fingerprint density at radius 1 is 1.33 bits per heavy atom. The fraction of sp³-hybridized carbons (Fsp3) is 0.429. The van der Waals surface area contributed by atoms with Crippen LogP contribution in [0.1, 0.15) is 31.7 Å². The van der Waals surface area contributed by atoms with Gasteiger partial charge in [0.1, 0.15) is 0 Å². The standard InChI is InChI=1S/C14H17NO3/c1-10(16)15-12-7-8-14(9-12,13(17)18)11-5-3-2-4-6-11/h2-6,12H,7-9H2,1H3,(H,15,16)(H,17,18)/t12-,14+/m0/s1. The Kier molecular flexibility index (Phi) is 3.36. The lowest BCUT2D eigenvalue weighted by Crippen LogP contribution is -2.37. The molecule has 0 aliphatic heterocycles. The average Bonchev–Trinajstić information content (AvgIpc) is 2.74. The van der Waals surface area contributed by atoms with Gasteiger partial charge in [0.15, 0.2) is 0 Å². The van der Waals surface area contributed by atoms with Crippen LogP contribution in [0.25, 0.3) is 0 Å². The highest BCUT2D eigenvalue weighted by Gasteiger charge is 2.46. The van der Waals surface area contributed by atoms with Gasteiger partial charge in [-0.15, -0.1) is 0 Å². The first-order valence-electron chi connectivity index (χ1n) is 6.10. The van der Waals surface area contributed by atoms with Crippen molar-refractivity contribution in [1.82, 2.24) is 5.32 Å². The van der Waals surface area contributed by atoms with Crippen LogP contribution < -0.4 is 5.32 Å². The summed E-state index contributed by atoms with van der Waals surface area (Å²) in [5, 5.41) is 12.4. The predicted octanol–water partition coefficient (Wildman–Crippen LogP) is 1.70. The molecule has 1 saturated carbocycles. The Labute approximate surface area is 106 Å². The Morgan fingerprint density at radius 2 is 2.00 bits per heavy atom. The highest BCUT2D eigenvalue weighted by atomic mass is 16.4. The highest BCUT2D eigenvalue weighted by Crippen LogP contribution is 2.41. The number of rotatable bonds is 3. The number of benzene rings is 1. The fourth-order valence-electron chi connectivity index (χ4n) is 2.79. The minimum atomic E-state index is -0.853. The van der Waals surface area contributed by atoms with Crippen LogP contribution in [-0.2, 0) is 15.0 Å². The molecule has 4 heteroatoms. The second-order valence-electron chi connectivity index (χ2n) is 4.89. The summed E-state index contributed by atoms with van der Waals surface area (Å²) in [6.45, 7) is 1.46. The van der Waals surface area contributed by atoms with Crippen molar-refractivity contribution in [3.63, 3.8) is 0 Å². The molecule has 0 saturated heterocycles. The fourth-order valence-corrected chi connectivity index (χ4v) is 2.79. The van der Waals surface area contributed by atoms with Crippen molar-refractivity contribution in [3.8, 4) is 0 Å². The maximum Gasteiger partial charge on any atom is 0.314 e. The van der Waals surface area contributed by atoms with Gasteiger partial charge in [-0.05, 0) is 24.8 Å². The van der Waals surface area contributed by atoms with Gasteiger partial charge in [-0.3, -0.25) is 9.59 Å². The molecule has 96 valence electrons. The van der Waals surface area contributed by atoms with E-state index >= 15 is 0 Å². The van der Waals surface area contributed by atoms with Crippen LogP contribution >= 0.6 is 0 Å². The molecule has 2 rings (SSSR count). The molecule has 1 aliphatic rings. The van der Waals surface area contributed by atoms with Crippen molar-refractivity contribution < 1.29 is 14.7 Å². The minimum absolute atomic E-state index is 0.0428. The van der Waals surface area contributed by atoms with Gasteiger partial charge in [0, 0.05) is 13.0 Å². The number of amides is 1. The van der Waals surface area contributed by atoms with Crippen LogP contribution in [0.2, 0.25) is 0 Å². The minimum Gasteiger partial charge on any atom is -0.481 e. The van der Waals surface area contributed by atoms with Gasteiger partial charge in [0.05, 0.1) is 5.41 Å². The molecule has 0 unspecified atom stereocenters. The molecule has 0 bridgehead atoms. The molecule has 2 atom stereocenters. The maximum absolute atomic E-state index is 11.6. The number of hydrogen-bond acceptors (Lipinski definition) is 2. The molecule has 1 aliphatic carbocycles. The second-order valence-corrected chi connectivity index (χ2v) is 4.89. The zero-order valence-electron chi connectivity index (χ0n) is 10.3. The van der Waals surface area contributed by atoms with Crippen LogP contribution in [-0.4, -0.2) is 23.0 Å². The molecule has 2 N–H and O–H groups in total. The molecule has 1 aromatic carbocycles. The van der Waals surface area contributed by atoms with Crippen LogP contribution in [0.3, 0.4) is 0 Å². The molecule has 0 aromatic heterocycles. The number of carboxylic acid groups (broad SMARTS) is 1. The summed E-state index contributed by atoms with van der Waals surface area (Å²) in [6, 6.07) is 9.24. The molecule has 4 nitrogen and oxygen atoms in total. The van der Waals surface area contributed by atoms with Gasteiger partial charge in [0.25, 0.3) is 0 Å². The summed E-state index contributed by atoms with van der Waals surface area (Å²) in [7, 11) is 0. The lowest BCUT2D eigenvalue weighted by Gasteiger charge is -2.25. The zero-order valence-corrected chi connectivity index (χ0v) is 10.3. The summed E-state index contributed by atoms with van der Waals surface area (Å²) in [5.41, 5.74) is -0.0284. The van der Waals surface area contributed by atoms with E-state index < -0.39 is 11.4 Å². The summed E-state index contributed by atoms with van der Waals surface area (Å²) >= 11 is 0. The van der Waals surface area contributed by atoms with Gasteiger partial charge < -0.3 is 10.4 Å². The van der Waals surface area contributed by atoms with Crippen molar-refractivity contribution in [2.45, 2.75) is 37.6 Å². The van der Waals surface area contributed by atoms with Gasteiger partial charge in [-0.25, -0.2) is 0 Å². The number of carboxylic acids is 1. The van der Waals surface area contributed by atoms with Crippen molar-refractivity contribution in [3.05, 3.63) is 35.9 Å². The molecular formula is C14H17NO3. The molecule has 18 heavy (non-hydrogen) atoms. The Hall–Kier alpha value is -1.84. The SMILES string of the molecule is CC(=O)N[C@H]1CC[C@](C(=O)O)(c2ccccc2)C1. The van der Waals surface area contributed by atoms with Gasteiger partial charge in [-0.2, -0.15) is 0 Å². The van der Waals surface area contributed by atoms with E-state index in [0.717, 1.165) is 5.56 Å². The smallest absolute Gasteiger partial charge is 0.314 e. The number of aliphatic carboxylic acids is 1. The van der Waals surface area contributed by atoms with Crippen LogP contribution in [0.4, 0.5) is 0 Å². The van der Waals surface area contributed by atoms with Crippen LogP contribution in [0, 0.1) is 0 Å². The van der Waals surface area contributed by atoms with Crippen molar-refractivity contribution >= 4 is 11.9 Å². The van der Waals surface area contributed by atoms with E-state index in [4.69, 9.17) is 0 Å². The maximum atomic E-state index is 11.6. The zero-order chi connectivity index (χ0) is 13.2. The first kappa shape index (κ1) is 12.6. The first-order valence-corrected chi connectivity index (χ1v) is 6.10. The van der Waals surface area contributed by atoms with E-state index in [-0.39, 0.29) is 11.9 Å². The molecule has 1 fully saturated rings. The first-order chi connectivity index (χ1) is 8.54. The van der Waals surface area contributed by atoms with E-state index in [0.29, 0.717) is 19.3 Å². The summed E-state index contributed by atoms with van der Waals surface area (Å²) in [6.07, 6.45) is 1.74. The van der Waals surface area contributed by atoms with E-state index in [1.807, 2.05) is 30.3 Å². The monoisotopic (exact) mass is 247 g/mol. The third kappa shape index (κ3) is 2.23. The second kappa shape index (κ2) is 4.80. The number of carbonyl (C=O) groups is 2. The van der Waals surface area contributed by atoms with Crippen molar-refractivity contribution in [1.29, 1.82) is 0 Å². The van der Waals surface area contributed by atoms with Crippen LogP contribution in [0.5, 0.6) is 0 Å². The Bertz CT molecular complexity index is 457. The summed E-state index contributed by atoms with van der Waals surface area (Å²) in [4.78, 5) is 22.7. The predicted molar refractivity (Wildman–Crippen MR) is 67.2 cm³/mol. The quantitative estimate of drug-likeness (QED) is 0.854. The van der Waals surface area contributed by atoms with Crippen molar-refractivity contribution in [2.24, 2.45) is 0 Å². The van der Waals surface area contributed by atoms with Crippen molar-refractivity contribution in [2.75, 3.05) is 0 Å². The third-order valence-corrected chi connectivity index (χ3v) is 3.66. The van der Waals surface area contributed by atoms with Gasteiger partial charge >= 0.3 is 5.97 Å². The highest BCUT2D eigenvalue weighted by molar-refractivity contribution is 5.82. The lowest BCUT2D eigenvalue weighted by atomic mass is 9.79. The van der Waals surface area contributed by atoms with Gasteiger partial charge in [0.2, 0.25) is 5.91 Å². The number of nitrogens with one attached hydrogen (secondary N) is 1.